The third-order valence-corrected chi connectivity index (χ3v) is 6.06. The number of hydrogen-bond donors (Lipinski definition) is 1. The maximum absolute atomic E-state index is 12.7. The SMILES string of the molecule is NC[C@@H]1CN(S(=O)(=O)c2ccccc2)[C@H]2CCN1C2. The van der Waals surface area contributed by atoms with Gasteiger partial charge in [0.05, 0.1) is 4.90 Å². The third-order valence-electron chi connectivity index (χ3n) is 4.13. The Balaban J connectivity index is 1.93. The van der Waals surface area contributed by atoms with Crippen LogP contribution in [-0.2, 0) is 10.0 Å². The average molecular weight is 281 g/mol. The van der Waals surface area contributed by atoms with Crippen LogP contribution in [0.2, 0.25) is 0 Å². The van der Waals surface area contributed by atoms with E-state index in [1.165, 1.54) is 0 Å². The van der Waals surface area contributed by atoms with Crippen molar-refractivity contribution in [2.24, 2.45) is 5.73 Å². The first kappa shape index (κ1) is 13.1. The van der Waals surface area contributed by atoms with Crippen LogP contribution >= 0.6 is 0 Å². The van der Waals surface area contributed by atoms with E-state index in [2.05, 4.69) is 4.90 Å². The Kier molecular flexibility index (Phi) is 3.34. The van der Waals surface area contributed by atoms with E-state index >= 15 is 0 Å². The summed E-state index contributed by atoms with van der Waals surface area (Å²) in [6.07, 6.45) is 0.905. The molecule has 3 rings (SSSR count). The average Bonchev–Trinajstić information content (AvgIpc) is 2.84. The Morgan fingerprint density at radius 1 is 1.21 bits per heavy atom. The minimum Gasteiger partial charge on any atom is -0.329 e. The maximum atomic E-state index is 12.7. The van der Waals surface area contributed by atoms with Gasteiger partial charge in [-0.2, -0.15) is 4.31 Å². The molecule has 0 radical (unpaired) electrons. The van der Waals surface area contributed by atoms with Crippen LogP contribution in [0.25, 0.3) is 0 Å². The molecule has 0 saturated carbocycles. The van der Waals surface area contributed by atoms with Crippen molar-refractivity contribution in [3.05, 3.63) is 30.3 Å². The highest BCUT2D eigenvalue weighted by molar-refractivity contribution is 7.89. The lowest BCUT2D eigenvalue weighted by Gasteiger charge is -2.38. The summed E-state index contributed by atoms with van der Waals surface area (Å²) in [5.41, 5.74) is 5.77. The normalized spacial score (nSPS) is 31.5. The van der Waals surface area contributed by atoms with E-state index in [9.17, 15) is 8.42 Å². The predicted molar refractivity (Wildman–Crippen MR) is 73.2 cm³/mol. The van der Waals surface area contributed by atoms with E-state index in [-0.39, 0.29) is 12.1 Å². The molecule has 0 amide bonds. The van der Waals surface area contributed by atoms with Gasteiger partial charge in [0.15, 0.2) is 0 Å². The molecule has 0 aliphatic carbocycles. The quantitative estimate of drug-likeness (QED) is 0.853. The van der Waals surface area contributed by atoms with Crippen molar-refractivity contribution in [2.75, 3.05) is 26.2 Å². The van der Waals surface area contributed by atoms with Crippen LogP contribution in [-0.4, -0.2) is 55.9 Å². The van der Waals surface area contributed by atoms with E-state index in [4.69, 9.17) is 5.73 Å². The molecule has 104 valence electrons. The Hall–Kier alpha value is -0.950. The molecule has 1 aromatic carbocycles. The lowest BCUT2D eigenvalue weighted by molar-refractivity contribution is 0.148. The number of nitrogens with zero attached hydrogens (tertiary/aromatic N) is 2. The second-order valence-electron chi connectivity index (χ2n) is 5.21. The van der Waals surface area contributed by atoms with E-state index in [0.29, 0.717) is 18.0 Å². The number of benzene rings is 1. The largest absolute Gasteiger partial charge is 0.329 e. The lowest BCUT2D eigenvalue weighted by Crippen LogP contribution is -2.56. The Morgan fingerprint density at radius 3 is 2.63 bits per heavy atom. The Bertz CT molecular complexity index is 546. The summed E-state index contributed by atoms with van der Waals surface area (Å²) in [5.74, 6) is 0. The number of piperazine rings is 1. The van der Waals surface area contributed by atoms with Crippen LogP contribution in [0, 0.1) is 0 Å². The van der Waals surface area contributed by atoms with Crippen LogP contribution in [0.3, 0.4) is 0 Å². The molecule has 2 bridgehead atoms. The van der Waals surface area contributed by atoms with Crippen molar-refractivity contribution in [1.82, 2.24) is 9.21 Å². The number of sulfonamides is 1. The third kappa shape index (κ3) is 2.18. The molecule has 6 heteroatoms. The smallest absolute Gasteiger partial charge is 0.243 e. The van der Waals surface area contributed by atoms with Crippen molar-refractivity contribution in [1.29, 1.82) is 0 Å². The molecule has 2 fully saturated rings. The van der Waals surface area contributed by atoms with Crippen LogP contribution in [0.15, 0.2) is 35.2 Å². The molecule has 1 unspecified atom stereocenters. The van der Waals surface area contributed by atoms with Gasteiger partial charge in [-0.1, -0.05) is 18.2 Å². The van der Waals surface area contributed by atoms with Gasteiger partial charge in [0, 0.05) is 38.3 Å². The highest BCUT2D eigenvalue weighted by Crippen LogP contribution is 2.29. The predicted octanol–water partition coefficient (Wildman–Crippen LogP) is 0.0925. The first-order valence-corrected chi connectivity index (χ1v) is 8.08. The van der Waals surface area contributed by atoms with Crippen LogP contribution in [0.1, 0.15) is 6.42 Å². The summed E-state index contributed by atoms with van der Waals surface area (Å²) in [6.45, 7) is 2.78. The Labute approximate surface area is 114 Å². The van der Waals surface area contributed by atoms with Gasteiger partial charge in [0.25, 0.3) is 0 Å². The summed E-state index contributed by atoms with van der Waals surface area (Å²) in [5, 5.41) is 0. The Morgan fingerprint density at radius 2 is 1.95 bits per heavy atom. The highest BCUT2D eigenvalue weighted by Gasteiger charge is 2.43. The zero-order chi connectivity index (χ0) is 13.5. The molecule has 3 atom stereocenters. The molecule has 0 aromatic heterocycles. The number of fused-ring (bicyclic) bond motifs is 2. The molecule has 0 spiro atoms. The van der Waals surface area contributed by atoms with Crippen LogP contribution < -0.4 is 5.73 Å². The second-order valence-corrected chi connectivity index (χ2v) is 7.11. The molecular formula is C13H19N3O2S. The van der Waals surface area contributed by atoms with E-state index < -0.39 is 10.0 Å². The zero-order valence-corrected chi connectivity index (χ0v) is 11.6. The standard InChI is InChI=1S/C13H19N3O2S/c14-8-12-10-16(11-6-7-15(12)9-11)19(17,18)13-4-2-1-3-5-13/h1-5,11-12H,6-10,14H2/t11-,12+/m0/s1. The number of hydrogen-bond acceptors (Lipinski definition) is 4. The summed E-state index contributed by atoms with van der Waals surface area (Å²) in [6, 6.07) is 8.93. The maximum Gasteiger partial charge on any atom is 0.243 e. The second kappa shape index (κ2) is 4.86. The molecule has 2 heterocycles. The van der Waals surface area contributed by atoms with Gasteiger partial charge in [-0.15, -0.1) is 0 Å². The topological polar surface area (TPSA) is 66.6 Å². The van der Waals surface area contributed by atoms with E-state index in [0.717, 1.165) is 19.5 Å². The lowest BCUT2D eigenvalue weighted by atomic mass is 10.2. The summed E-state index contributed by atoms with van der Waals surface area (Å²) in [4.78, 5) is 2.69. The van der Waals surface area contributed by atoms with Crippen molar-refractivity contribution < 1.29 is 8.42 Å². The summed E-state index contributed by atoms with van der Waals surface area (Å²) >= 11 is 0. The van der Waals surface area contributed by atoms with Crippen molar-refractivity contribution in [3.63, 3.8) is 0 Å². The fourth-order valence-electron chi connectivity index (χ4n) is 3.05. The van der Waals surface area contributed by atoms with Gasteiger partial charge in [0.2, 0.25) is 10.0 Å². The molecule has 2 saturated heterocycles. The molecular weight excluding hydrogens is 262 g/mol. The first-order valence-electron chi connectivity index (χ1n) is 6.64. The van der Waals surface area contributed by atoms with E-state index in [1.807, 2.05) is 6.07 Å². The molecule has 5 nitrogen and oxygen atoms in total. The van der Waals surface area contributed by atoms with E-state index in [1.54, 1.807) is 28.6 Å². The highest BCUT2D eigenvalue weighted by atomic mass is 32.2. The van der Waals surface area contributed by atoms with Gasteiger partial charge in [0.1, 0.15) is 0 Å². The fraction of sp³-hybridized carbons (Fsp3) is 0.538. The minimum atomic E-state index is -3.39. The van der Waals surface area contributed by atoms with Crippen molar-refractivity contribution in [3.8, 4) is 0 Å². The molecule has 2 N–H and O–H groups in total. The number of nitrogens with two attached hydrogens (primary N) is 1. The van der Waals surface area contributed by atoms with Gasteiger partial charge < -0.3 is 5.73 Å². The molecule has 1 aromatic rings. The van der Waals surface area contributed by atoms with Crippen LogP contribution in [0.5, 0.6) is 0 Å². The van der Waals surface area contributed by atoms with Crippen molar-refractivity contribution >= 4 is 10.0 Å². The summed E-state index contributed by atoms with van der Waals surface area (Å²) in [7, 11) is -3.39. The van der Waals surface area contributed by atoms with Gasteiger partial charge >= 0.3 is 0 Å². The molecule has 2 aliphatic heterocycles. The fourth-order valence-corrected chi connectivity index (χ4v) is 4.76. The van der Waals surface area contributed by atoms with Crippen LogP contribution in [0.4, 0.5) is 0 Å². The monoisotopic (exact) mass is 281 g/mol. The van der Waals surface area contributed by atoms with Gasteiger partial charge in [-0.25, -0.2) is 8.42 Å². The molecule has 2 aliphatic rings. The molecule has 19 heavy (non-hydrogen) atoms. The minimum absolute atomic E-state index is 0.105. The van der Waals surface area contributed by atoms with Gasteiger partial charge in [-0.05, 0) is 18.6 Å². The van der Waals surface area contributed by atoms with Crippen molar-refractivity contribution in [2.45, 2.75) is 23.4 Å². The first-order chi connectivity index (χ1) is 9.13. The summed E-state index contributed by atoms with van der Waals surface area (Å²) < 4.78 is 27.1. The number of rotatable bonds is 3. The van der Waals surface area contributed by atoms with Gasteiger partial charge in [-0.3, -0.25) is 4.90 Å². The zero-order valence-electron chi connectivity index (χ0n) is 10.8.